The molecule has 1 aromatic rings. The number of nitrogens with zero attached hydrogens (tertiary/aromatic N) is 1. The van der Waals surface area contributed by atoms with Gasteiger partial charge in [0, 0.05) is 12.6 Å². The Labute approximate surface area is 121 Å². The summed E-state index contributed by atoms with van der Waals surface area (Å²) < 4.78 is 11.0. The smallest absolute Gasteiger partial charge is 0.265 e. The highest BCUT2D eigenvalue weighted by atomic mass is 32.2. The Bertz CT molecular complexity index is 569. The third-order valence-electron chi connectivity index (χ3n) is 2.71. The molecule has 0 N–H and O–H groups in total. The molecule has 1 fully saturated rings. The first kappa shape index (κ1) is 13.9. The number of methoxy groups -OCH3 is 2. The average Bonchev–Trinajstić information content (AvgIpc) is 2.66. The fourth-order valence-corrected chi connectivity index (χ4v) is 2.81. The lowest BCUT2D eigenvalue weighted by Gasteiger charge is -2.08. The minimum absolute atomic E-state index is 0.0973. The van der Waals surface area contributed by atoms with E-state index in [0.29, 0.717) is 20.7 Å². The van der Waals surface area contributed by atoms with Crippen molar-refractivity contribution in [1.82, 2.24) is 4.90 Å². The summed E-state index contributed by atoms with van der Waals surface area (Å²) in [5.74, 6) is 1.29. The standard InChI is InChI=1S/C13H13NO3S2/c1-14-12(15)11(19-13(14)18)7-8-6-9(16-2)4-5-10(8)17-3/h4-7H,1-3H3. The number of ether oxygens (including phenoxy) is 2. The van der Waals surface area contributed by atoms with Gasteiger partial charge in [0.1, 0.15) is 15.8 Å². The number of benzene rings is 1. The quantitative estimate of drug-likeness (QED) is 0.633. The van der Waals surface area contributed by atoms with Crippen molar-refractivity contribution in [1.29, 1.82) is 0 Å². The molecule has 0 aliphatic carbocycles. The highest BCUT2D eigenvalue weighted by Crippen LogP contribution is 2.34. The molecule has 1 heterocycles. The topological polar surface area (TPSA) is 38.8 Å². The van der Waals surface area contributed by atoms with E-state index in [9.17, 15) is 4.79 Å². The van der Waals surface area contributed by atoms with E-state index in [1.807, 2.05) is 6.07 Å². The number of rotatable bonds is 3. The Kier molecular flexibility index (Phi) is 4.11. The summed E-state index contributed by atoms with van der Waals surface area (Å²) in [6.07, 6.45) is 1.77. The number of thioether (sulfide) groups is 1. The zero-order valence-electron chi connectivity index (χ0n) is 10.8. The molecule has 19 heavy (non-hydrogen) atoms. The molecule has 0 radical (unpaired) electrons. The van der Waals surface area contributed by atoms with Crippen molar-refractivity contribution in [2.45, 2.75) is 0 Å². The third-order valence-corrected chi connectivity index (χ3v) is 4.19. The van der Waals surface area contributed by atoms with Crippen molar-refractivity contribution in [3.8, 4) is 11.5 Å². The van der Waals surface area contributed by atoms with Crippen LogP contribution in [0.15, 0.2) is 23.1 Å². The minimum atomic E-state index is -0.0973. The molecule has 1 aliphatic rings. The van der Waals surface area contributed by atoms with E-state index in [-0.39, 0.29) is 5.91 Å². The zero-order chi connectivity index (χ0) is 14.0. The summed E-state index contributed by atoms with van der Waals surface area (Å²) in [4.78, 5) is 14.0. The monoisotopic (exact) mass is 295 g/mol. The molecular formula is C13H13NO3S2. The first-order valence-electron chi connectivity index (χ1n) is 5.50. The number of thiocarbonyl (C=S) groups is 1. The Morgan fingerprint density at radius 1 is 1.32 bits per heavy atom. The number of likely N-dealkylation sites (N-methyl/N-ethyl adjacent to an activating group) is 1. The second-order valence-corrected chi connectivity index (χ2v) is 5.52. The van der Waals surface area contributed by atoms with Gasteiger partial charge >= 0.3 is 0 Å². The molecule has 1 saturated heterocycles. The molecule has 4 nitrogen and oxygen atoms in total. The summed E-state index contributed by atoms with van der Waals surface area (Å²) in [5.41, 5.74) is 0.788. The lowest BCUT2D eigenvalue weighted by molar-refractivity contribution is -0.121. The van der Waals surface area contributed by atoms with Crippen LogP contribution >= 0.6 is 24.0 Å². The number of carbonyl (C=O) groups is 1. The molecule has 1 aromatic carbocycles. The highest BCUT2D eigenvalue weighted by Gasteiger charge is 2.28. The lowest BCUT2D eigenvalue weighted by Crippen LogP contribution is -2.22. The summed E-state index contributed by atoms with van der Waals surface area (Å²) in [6.45, 7) is 0. The van der Waals surface area contributed by atoms with Crippen molar-refractivity contribution in [3.63, 3.8) is 0 Å². The minimum Gasteiger partial charge on any atom is -0.497 e. The van der Waals surface area contributed by atoms with E-state index in [1.54, 1.807) is 39.5 Å². The van der Waals surface area contributed by atoms with E-state index in [2.05, 4.69) is 0 Å². The van der Waals surface area contributed by atoms with Crippen LogP contribution in [0.4, 0.5) is 0 Å². The molecule has 2 rings (SSSR count). The van der Waals surface area contributed by atoms with Crippen LogP contribution in [0, 0.1) is 0 Å². The summed E-state index contributed by atoms with van der Waals surface area (Å²) in [5, 5.41) is 0. The Balaban J connectivity index is 2.42. The predicted octanol–water partition coefficient (Wildman–Crippen LogP) is 2.53. The molecule has 6 heteroatoms. The Hall–Kier alpha value is -1.53. The van der Waals surface area contributed by atoms with Crippen molar-refractivity contribution < 1.29 is 14.3 Å². The van der Waals surface area contributed by atoms with Gasteiger partial charge in [-0.25, -0.2) is 0 Å². The second-order valence-electron chi connectivity index (χ2n) is 3.85. The van der Waals surface area contributed by atoms with Crippen LogP contribution in [0.1, 0.15) is 5.56 Å². The van der Waals surface area contributed by atoms with Crippen molar-refractivity contribution >= 4 is 40.3 Å². The van der Waals surface area contributed by atoms with Crippen molar-refractivity contribution in [3.05, 3.63) is 28.7 Å². The van der Waals surface area contributed by atoms with E-state index in [0.717, 1.165) is 5.56 Å². The van der Waals surface area contributed by atoms with Crippen molar-refractivity contribution in [2.24, 2.45) is 0 Å². The Morgan fingerprint density at radius 3 is 2.58 bits per heavy atom. The van der Waals surface area contributed by atoms with Crippen LogP contribution in [0.3, 0.4) is 0 Å². The van der Waals surface area contributed by atoms with Crippen LogP contribution in [0.25, 0.3) is 6.08 Å². The van der Waals surface area contributed by atoms with Crippen LogP contribution in [0.5, 0.6) is 11.5 Å². The molecule has 100 valence electrons. The third kappa shape index (κ3) is 2.74. The van der Waals surface area contributed by atoms with Gasteiger partial charge in [-0.1, -0.05) is 24.0 Å². The Morgan fingerprint density at radius 2 is 2.05 bits per heavy atom. The number of hydrogen-bond donors (Lipinski definition) is 0. The first-order valence-corrected chi connectivity index (χ1v) is 6.73. The van der Waals surface area contributed by atoms with Crippen LogP contribution in [-0.2, 0) is 4.79 Å². The number of hydrogen-bond acceptors (Lipinski definition) is 5. The van der Waals surface area contributed by atoms with Gasteiger partial charge < -0.3 is 9.47 Å². The zero-order valence-corrected chi connectivity index (χ0v) is 12.4. The molecule has 0 unspecified atom stereocenters. The van der Waals surface area contributed by atoms with E-state index in [1.165, 1.54) is 16.7 Å². The maximum Gasteiger partial charge on any atom is 0.265 e. The van der Waals surface area contributed by atoms with Gasteiger partial charge in [0.05, 0.1) is 19.1 Å². The maximum absolute atomic E-state index is 12.0. The first-order chi connectivity index (χ1) is 9.06. The van der Waals surface area contributed by atoms with Crippen LogP contribution in [0.2, 0.25) is 0 Å². The van der Waals surface area contributed by atoms with Gasteiger partial charge in [-0.3, -0.25) is 9.69 Å². The summed E-state index contributed by atoms with van der Waals surface area (Å²) in [7, 11) is 4.85. The van der Waals surface area contributed by atoms with Gasteiger partial charge in [-0.05, 0) is 24.3 Å². The normalized spacial score (nSPS) is 17.2. The fraction of sp³-hybridized carbons (Fsp3) is 0.231. The van der Waals surface area contributed by atoms with E-state index < -0.39 is 0 Å². The lowest BCUT2D eigenvalue weighted by atomic mass is 10.1. The van der Waals surface area contributed by atoms with Crippen LogP contribution < -0.4 is 9.47 Å². The molecule has 1 amide bonds. The summed E-state index contributed by atoms with van der Waals surface area (Å²) >= 11 is 6.38. The number of carbonyl (C=O) groups excluding carboxylic acids is 1. The van der Waals surface area contributed by atoms with Gasteiger partial charge in [-0.15, -0.1) is 0 Å². The highest BCUT2D eigenvalue weighted by molar-refractivity contribution is 8.26. The van der Waals surface area contributed by atoms with Gasteiger partial charge in [0.15, 0.2) is 0 Å². The van der Waals surface area contributed by atoms with Gasteiger partial charge in [0.25, 0.3) is 5.91 Å². The molecule has 0 spiro atoms. The molecule has 1 aliphatic heterocycles. The molecule has 0 saturated carbocycles. The fourth-order valence-electron chi connectivity index (χ4n) is 1.64. The molecule has 0 atom stereocenters. The molecular weight excluding hydrogens is 282 g/mol. The van der Waals surface area contributed by atoms with Crippen LogP contribution in [-0.4, -0.2) is 36.4 Å². The summed E-state index contributed by atoms with van der Waals surface area (Å²) in [6, 6.07) is 5.43. The van der Waals surface area contributed by atoms with Crippen molar-refractivity contribution in [2.75, 3.05) is 21.3 Å². The van der Waals surface area contributed by atoms with Gasteiger partial charge in [-0.2, -0.15) is 0 Å². The average molecular weight is 295 g/mol. The SMILES string of the molecule is COc1ccc(OC)c(C=C2SC(=S)N(C)C2=O)c1. The second kappa shape index (κ2) is 5.63. The number of amides is 1. The largest absolute Gasteiger partial charge is 0.497 e. The van der Waals surface area contributed by atoms with E-state index in [4.69, 9.17) is 21.7 Å². The predicted molar refractivity (Wildman–Crippen MR) is 80.5 cm³/mol. The van der Waals surface area contributed by atoms with Gasteiger partial charge in [0.2, 0.25) is 0 Å². The maximum atomic E-state index is 12.0. The molecule has 0 bridgehead atoms. The molecule has 0 aromatic heterocycles. The van der Waals surface area contributed by atoms with E-state index >= 15 is 0 Å².